The number of rotatable bonds is 8. The van der Waals surface area contributed by atoms with E-state index in [0.717, 1.165) is 52.2 Å². The Morgan fingerprint density at radius 3 is 2.71 bits per heavy atom. The first kappa shape index (κ1) is 14.9. The van der Waals surface area contributed by atoms with E-state index in [0.29, 0.717) is 12.0 Å². The third-order valence-electron chi connectivity index (χ3n) is 3.56. The molecule has 0 aliphatic carbocycles. The van der Waals surface area contributed by atoms with Gasteiger partial charge in [0.2, 0.25) is 0 Å². The Balaban J connectivity index is 2.09. The maximum atomic E-state index is 5.64. The van der Waals surface area contributed by atoms with Crippen molar-refractivity contribution >= 4 is 0 Å². The first-order chi connectivity index (χ1) is 8.20. The molecule has 1 unspecified atom stereocenters. The molecule has 1 heterocycles. The van der Waals surface area contributed by atoms with Crippen molar-refractivity contribution in [2.75, 3.05) is 39.5 Å². The average Bonchev–Trinajstić information content (AvgIpc) is 2.34. The standard InChI is InChI=1S/C13H28N2O2/c1-3-17-12(10-14)4-7-15-11-13(2)5-8-16-9-6-13/h12,15H,3-11,14H2,1-2H3. The number of nitrogens with two attached hydrogens (primary N) is 1. The zero-order valence-corrected chi connectivity index (χ0v) is 11.3. The van der Waals surface area contributed by atoms with Gasteiger partial charge in [0.05, 0.1) is 6.10 Å². The van der Waals surface area contributed by atoms with E-state index in [1.807, 2.05) is 6.92 Å². The highest BCUT2D eigenvalue weighted by atomic mass is 16.5. The molecule has 1 saturated heterocycles. The molecule has 1 aliphatic heterocycles. The predicted octanol–water partition coefficient (Wildman–Crippen LogP) is 1.15. The average molecular weight is 244 g/mol. The van der Waals surface area contributed by atoms with Gasteiger partial charge in [0.15, 0.2) is 0 Å². The van der Waals surface area contributed by atoms with Gasteiger partial charge in [0.25, 0.3) is 0 Å². The largest absolute Gasteiger partial charge is 0.381 e. The summed E-state index contributed by atoms with van der Waals surface area (Å²) in [5.41, 5.74) is 6.05. The van der Waals surface area contributed by atoms with Crippen LogP contribution in [0, 0.1) is 5.41 Å². The molecule has 1 fully saturated rings. The number of hydrogen-bond donors (Lipinski definition) is 2. The van der Waals surface area contributed by atoms with Crippen molar-refractivity contribution in [2.24, 2.45) is 11.1 Å². The second-order valence-corrected chi connectivity index (χ2v) is 5.20. The fourth-order valence-corrected chi connectivity index (χ4v) is 2.20. The van der Waals surface area contributed by atoms with Crippen molar-refractivity contribution in [3.05, 3.63) is 0 Å². The lowest BCUT2D eigenvalue weighted by molar-refractivity contribution is 0.0228. The summed E-state index contributed by atoms with van der Waals surface area (Å²) in [6.07, 6.45) is 3.52. The van der Waals surface area contributed by atoms with E-state index in [9.17, 15) is 0 Å². The molecule has 4 heteroatoms. The van der Waals surface area contributed by atoms with E-state index < -0.39 is 0 Å². The van der Waals surface area contributed by atoms with Crippen LogP contribution in [-0.2, 0) is 9.47 Å². The lowest BCUT2D eigenvalue weighted by atomic mass is 9.82. The Morgan fingerprint density at radius 1 is 1.41 bits per heavy atom. The molecule has 0 aromatic carbocycles. The summed E-state index contributed by atoms with van der Waals surface area (Å²) in [5.74, 6) is 0. The molecule has 0 aromatic rings. The Hall–Kier alpha value is -0.160. The van der Waals surface area contributed by atoms with Gasteiger partial charge in [-0.25, -0.2) is 0 Å². The maximum absolute atomic E-state index is 5.64. The quantitative estimate of drug-likeness (QED) is 0.629. The molecule has 1 atom stereocenters. The van der Waals surface area contributed by atoms with Crippen molar-refractivity contribution in [1.82, 2.24) is 5.32 Å². The first-order valence-corrected chi connectivity index (χ1v) is 6.80. The van der Waals surface area contributed by atoms with E-state index in [4.69, 9.17) is 15.2 Å². The van der Waals surface area contributed by atoms with Gasteiger partial charge in [-0.05, 0) is 38.1 Å². The van der Waals surface area contributed by atoms with Crippen LogP contribution in [0.1, 0.15) is 33.1 Å². The highest BCUT2D eigenvalue weighted by Gasteiger charge is 2.26. The molecule has 1 aliphatic rings. The zero-order chi connectivity index (χ0) is 12.6. The van der Waals surface area contributed by atoms with Gasteiger partial charge in [-0.2, -0.15) is 0 Å². The van der Waals surface area contributed by atoms with Gasteiger partial charge in [-0.3, -0.25) is 0 Å². The second-order valence-electron chi connectivity index (χ2n) is 5.20. The van der Waals surface area contributed by atoms with Gasteiger partial charge >= 0.3 is 0 Å². The number of hydrogen-bond acceptors (Lipinski definition) is 4. The van der Waals surface area contributed by atoms with Gasteiger partial charge in [-0.1, -0.05) is 6.92 Å². The minimum atomic E-state index is 0.204. The normalized spacial score (nSPS) is 21.4. The fraction of sp³-hybridized carbons (Fsp3) is 1.00. The maximum Gasteiger partial charge on any atom is 0.0709 e. The molecule has 0 amide bonds. The minimum Gasteiger partial charge on any atom is -0.381 e. The molecule has 17 heavy (non-hydrogen) atoms. The van der Waals surface area contributed by atoms with E-state index in [1.165, 1.54) is 0 Å². The van der Waals surface area contributed by atoms with E-state index in [-0.39, 0.29) is 6.10 Å². The summed E-state index contributed by atoms with van der Waals surface area (Å²) in [4.78, 5) is 0. The van der Waals surface area contributed by atoms with Crippen LogP contribution in [0.2, 0.25) is 0 Å². The smallest absolute Gasteiger partial charge is 0.0709 e. The molecule has 0 radical (unpaired) electrons. The summed E-state index contributed by atoms with van der Waals surface area (Å²) >= 11 is 0. The molecule has 1 rings (SSSR count). The number of ether oxygens (including phenoxy) is 2. The first-order valence-electron chi connectivity index (χ1n) is 6.80. The Morgan fingerprint density at radius 2 is 2.12 bits per heavy atom. The van der Waals surface area contributed by atoms with E-state index in [1.54, 1.807) is 0 Å². The molecule has 0 spiro atoms. The van der Waals surface area contributed by atoms with Crippen molar-refractivity contribution in [3.8, 4) is 0 Å². The molecular formula is C13H28N2O2. The van der Waals surface area contributed by atoms with Crippen molar-refractivity contribution < 1.29 is 9.47 Å². The molecule has 0 bridgehead atoms. The van der Waals surface area contributed by atoms with Crippen LogP contribution in [0.3, 0.4) is 0 Å². The second kappa shape index (κ2) is 8.03. The summed E-state index contributed by atoms with van der Waals surface area (Å²) in [7, 11) is 0. The Kier molecular flexibility index (Phi) is 7.04. The Bertz CT molecular complexity index is 194. The molecule has 4 nitrogen and oxygen atoms in total. The molecular weight excluding hydrogens is 216 g/mol. The molecule has 102 valence electrons. The van der Waals surface area contributed by atoms with Gasteiger partial charge in [0.1, 0.15) is 0 Å². The van der Waals surface area contributed by atoms with Crippen LogP contribution in [0.15, 0.2) is 0 Å². The predicted molar refractivity (Wildman–Crippen MR) is 70.1 cm³/mol. The summed E-state index contributed by atoms with van der Waals surface area (Å²) in [5, 5.41) is 3.53. The van der Waals surface area contributed by atoms with Crippen LogP contribution in [0.4, 0.5) is 0 Å². The summed E-state index contributed by atoms with van der Waals surface area (Å²) < 4.78 is 10.9. The van der Waals surface area contributed by atoms with Crippen LogP contribution < -0.4 is 11.1 Å². The van der Waals surface area contributed by atoms with Crippen LogP contribution in [0.5, 0.6) is 0 Å². The lowest BCUT2D eigenvalue weighted by Gasteiger charge is -2.33. The minimum absolute atomic E-state index is 0.204. The molecule has 3 N–H and O–H groups in total. The van der Waals surface area contributed by atoms with Gasteiger partial charge in [0, 0.05) is 32.9 Å². The van der Waals surface area contributed by atoms with E-state index >= 15 is 0 Å². The highest BCUT2D eigenvalue weighted by Crippen LogP contribution is 2.28. The fourth-order valence-electron chi connectivity index (χ4n) is 2.20. The van der Waals surface area contributed by atoms with E-state index in [2.05, 4.69) is 12.2 Å². The van der Waals surface area contributed by atoms with Crippen LogP contribution in [0.25, 0.3) is 0 Å². The highest BCUT2D eigenvalue weighted by molar-refractivity contribution is 4.79. The summed E-state index contributed by atoms with van der Waals surface area (Å²) in [6, 6.07) is 0. The van der Waals surface area contributed by atoms with Gasteiger partial charge in [-0.15, -0.1) is 0 Å². The molecule has 0 aromatic heterocycles. The molecule has 0 saturated carbocycles. The monoisotopic (exact) mass is 244 g/mol. The third-order valence-corrected chi connectivity index (χ3v) is 3.56. The van der Waals surface area contributed by atoms with Crippen LogP contribution in [-0.4, -0.2) is 45.6 Å². The van der Waals surface area contributed by atoms with Gasteiger partial charge < -0.3 is 20.5 Å². The van der Waals surface area contributed by atoms with Crippen molar-refractivity contribution in [2.45, 2.75) is 39.2 Å². The SMILES string of the molecule is CCOC(CN)CCNCC1(C)CCOCC1. The number of nitrogens with one attached hydrogen (secondary N) is 1. The summed E-state index contributed by atoms with van der Waals surface area (Å²) in [6.45, 7) is 9.57. The zero-order valence-electron chi connectivity index (χ0n) is 11.3. The van der Waals surface area contributed by atoms with Crippen LogP contribution >= 0.6 is 0 Å². The van der Waals surface area contributed by atoms with Crippen molar-refractivity contribution in [3.63, 3.8) is 0 Å². The third kappa shape index (κ3) is 5.82. The Labute approximate surface area is 105 Å². The topological polar surface area (TPSA) is 56.5 Å². The van der Waals surface area contributed by atoms with Crippen molar-refractivity contribution in [1.29, 1.82) is 0 Å². The lowest BCUT2D eigenvalue weighted by Crippen LogP contribution is -2.38.